The summed E-state index contributed by atoms with van der Waals surface area (Å²) in [5.74, 6) is -0.0614. The highest BCUT2D eigenvalue weighted by Crippen LogP contribution is 1.95. The number of rotatable bonds is 1. The van der Waals surface area contributed by atoms with Crippen LogP contribution in [0, 0.1) is 6.58 Å². The number of hydrogen-bond acceptors (Lipinski definition) is 2. The molecule has 1 heterocycles. The Morgan fingerprint density at radius 2 is 2.27 bits per heavy atom. The van der Waals surface area contributed by atoms with Crippen molar-refractivity contribution in [1.29, 1.82) is 0 Å². The first-order valence-corrected chi connectivity index (χ1v) is 3.89. The fourth-order valence-electron chi connectivity index (χ4n) is 1.17. The van der Waals surface area contributed by atoms with Gasteiger partial charge in [0.25, 0.3) is 0 Å². The lowest BCUT2D eigenvalue weighted by molar-refractivity contribution is -0.125. The Kier molecular flexibility index (Phi) is 3.11. The zero-order valence-electron chi connectivity index (χ0n) is 6.55. The fraction of sp³-hybridized carbons (Fsp3) is 0.625. The van der Waals surface area contributed by atoms with Crippen LogP contribution < -0.4 is 5.32 Å². The molecule has 3 heteroatoms. The van der Waals surface area contributed by atoms with Crippen LogP contribution in [0.5, 0.6) is 0 Å². The van der Waals surface area contributed by atoms with Gasteiger partial charge in [-0.05, 0) is 13.0 Å². The van der Waals surface area contributed by atoms with Crippen LogP contribution in [-0.2, 0) is 4.79 Å². The Morgan fingerprint density at radius 3 is 3.00 bits per heavy atom. The van der Waals surface area contributed by atoms with Gasteiger partial charge >= 0.3 is 0 Å². The van der Waals surface area contributed by atoms with Crippen LogP contribution in [0.3, 0.4) is 0 Å². The molecule has 0 aromatic rings. The van der Waals surface area contributed by atoms with E-state index >= 15 is 0 Å². The second kappa shape index (κ2) is 4.13. The molecule has 61 valence electrons. The number of nitrogens with one attached hydrogen (secondary N) is 1. The molecule has 1 saturated heterocycles. The van der Waals surface area contributed by atoms with Crippen LogP contribution in [0.4, 0.5) is 0 Å². The van der Waals surface area contributed by atoms with E-state index in [2.05, 4.69) is 5.32 Å². The maximum atomic E-state index is 11.0. The lowest BCUT2D eigenvalue weighted by Gasteiger charge is -2.17. The fourth-order valence-corrected chi connectivity index (χ4v) is 1.17. The van der Waals surface area contributed by atoms with Crippen molar-refractivity contribution in [3.05, 3.63) is 12.7 Å². The van der Waals surface area contributed by atoms with E-state index in [9.17, 15) is 4.79 Å². The van der Waals surface area contributed by atoms with Crippen LogP contribution in [0.1, 0.15) is 6.42 Å². The van der Waals surface area contributed by atoms with E-state index in [1.165, 1.54) is 0 Å². The molecule has 0 bridgehead atoms. The van der Waals surface area contributed by atoms with Crippen molar-refractivity contribution in [3.63, 3.8) is 0 Å². The second-order valence-electron chi connectivity index (χ2n) is 2.60. The third-order valence-electron chi connectivity index (χ3n) is 1.79. The van der Waals surface area contributed by atoms with Crippen molar-refractivity contribution in [3.8, 4) is 0 Å². The summed E-state index contributed by atoms with van der Waals surface area (Å²) in [6.45, 7) is 8.58. The van der Waals surface area contributed by atoms with Crippen molar-refractivity contribution in [2.45, 2.75) is 6.42 Å². The number of amides is 1. The average Bonchev–Trinajstić information content (AvgIpc) is 2.30. The molecule has 0 atom stereocenters. The van der Waals surface area contributed by atoms with Gasteiger partial charge in [-0.2, -0.15) is 0 Å². The van der Waals surface area contributed by atoms with Gasteiger partial charge in [0.15, 0.2) is 0 Å². The second-order valence-corrected chi connectivity index (χ2v) is 2.60. The summed E-state index contributed by atoms with van der Waals surface area (Å²) in [5, 5.41) is 3.21. The zero-order chi connectivity index (χ0) is 8.10. The summed E-state index contributed by atoms with van der Waals surface area (Å²) in [4.78, 5) is 12.8. The molecule has 0 saturated carbocycles. The van der Waals surface area contributed by atoms with Gasteiger partial charge in [-0.3, -0.25) is 4.79 Å². The maximum Gasteiger partial charge on any atom is 0.246 e. The highest BCUT2D eigenvalue weighted by atomic mass is 16.2. The van der Waals surface area contributed by atoms with Gasteiger partial charge in [0, 0.05) is 25.7 Å². The van der Waals surface area contributed by atoms with Gasteiger partial charge in [-0.25, -0.2) is 0 Å². The number of hydrogen-bond donors (Lipinski definition) is 1. The van der Waals surface area contributed by atoms with E-state index in [1.54, 1.807) is 4.90 Å². The quantitative estimate of drug-likeness (QED) is 0.529. The molecule has 0 unspecified atom stereocenters. The van der Waals surface area contributed by atoms with Gasteiger partial charge in [0.2, 0.25) is 5.91 Å². The molecular weight excluding hydrogens is 140 g/mol. The predicted octanol–water partition coefficient (Wildman–Crippen LogP) is -0.203. The molecule has 0 spiro atoms. The Balaban J connectivity index is 2.42. The smallest absolute Gasteiger partial charge is 0.246 e. The van der Waals surface area contributed by atoms with Crippen LogP contribution >= 0.6 is 0 Å². The Bertz CT molecular complexity index is 148. The number of carbonyl (C=O) groups is 1. The van der Waals surface area contributed by atoms with E-state index in [1.807, 2.05) is 0 Å². The van der Waals surface area contributed by atoms with Gasteiger partial charge in [0.05, 0.1) is 0 Å². The molecule has 3 nitrogen and oxygen atoms in total. The van der Waals surface area contributed by atoms with Crippen molar-refractivity contribution in [1.82, 2.24) is 10.2 Å². The van der Waals surface area contributed by atoms with Crippen molar-refractivity contribution >= 4 is 5.91 Å². The highest BCUT2D eigenvalue weighted by Gasteiger charge is 2.11. The van der Waals surface area contributed by atoms with E-state index in [-0.39, 0.29) is 5.91 Å². The molecule has 1 N–H and O–H groups in total. The van der Waals surface area contributed by atoms with Crippen molar-refractivity contribution < 1.29 is 4.79 Å². The third kappa shape index (κ3) is 2.35. The van der Waals surface area contributed by atoms with Crippen LogP contribution in [-0.4, -0.2) is 37.0 Å². The van der Waals surface area contributed by atoms with E-state index in [4.69, 9.17) is 6.58 Å². The van der Waals surface area contributed by atoms with Crippen molar-refractivity contribution in [2.24, 2.45) is 0 Å². The topological polar surface area (TPSA) is 32.3 Å². The normalized spacial score (nSPS) is 19.1. The van der Waals surface area contributed by atoms with E-state index < -0.39 is 0 Å². The van der Waals surface area contributed by atoms with Gasteiger partial charge < -0.3 is 10.2 Å². The minimum atomic E-state index is -0.0614. The number of nitrogens with zero attached hydrogens (tertiary/aromatic N) is 1. The third-order valence-corrected chi connectivity index (χ3v) is 1.79. The molecule has 1 radical (unpaired) electrons. The van der Waals surface area contributed by atoms with E-state index in [0.717, 1.165) is 38.7 Å². The first kappa shape index (κ1) is 8.27. The minimum Gasteiger partial charge on any atom is -0.338 e. The predicted molar refractivity (Wildman–Crippen MR) is 42.9 cm³/mol. The zero-order valence-corrected chi connectivity index (χ0v) is 6.55. The number of carbonyl (C=O) groups excluding carboxylic acids is 1. The summed E-state index contributed by atoms with van der Waals surface area (Å²) < 4.78 is 0. The lowest BCUT2D eigenvalue weighted by atomic mass is 10.4. The van der Waals surface area contributed by atoms with Crippen LogP contribution in [0.25, 0.3) is 0 Å². The maximum absolute atomic E-state index is 11.0. The van der Waals surface area contributed by atoms with Crippen molar-refractivity contribution in [2.75, 3.05) is 26.2 Å². The molecule has 1 rings (SSSR count). The summed E-state index contributed by atoms with van der Waals surface area (Å²) in [7, 11) is 0. The first-order valence-electron chi connectivity index (χ1n) is 3.89. The summed E-state index contributed by atoms with van der Waals surface area (Å²) in [5.41, 5.74) is 0. The molecule has 11 heavy (non-hydrogen) atoms. The Labute approximate surface area is 67.1 Å². The molecule has 0 aromatic heterocycles. The van der Waals surface area contributed by atoms with Crippen LogP contribution in [0.15, 0.2) is 6.08 Å². The van der Waals surface area contributed by atoms with E-state index in [0.29, 0.717) is 0 Å². The average molecular weight is 153 g/mol. The van der Waals surface area contributed by atoms with Gasteiger partial charge in [0.1, 0.15) is 0 Å². The molecule has 0 aromatic carbocycles. The Morgan fingerprint density at radius 1 is 1.45 bits per heavy atom. The molecule has 1 aliphatic rings. The summed E-state index contributed by atoms with van der Waals surface area (Å²) >= 11 is 0. The van der Waals surface area contributed by atoms with Crippen LogP contribution in [0.2, 0.25) is 0 Å². The molecular formula is C8H13N2O. The minimum absolute atomic E-state index is 0.0614. The standard InChI is InChI=1S/C8H13N2O/c1-2-8(11)10-6-3-4-9-5-7-10/h1-2,9H,3-7H2. The lowest BCUT2D eigenvalue weighted by Crippen LogP contribution is -2.32. The highest BCUT2D eigenvalue weighted by molar-refractivity contribution is 5.86. The summed E-state index contributed by atoms with van der Waals surface area (Å²) in [6, 6.07) is 0. The molecule has 0 aliphatic carbocycles. The van der Waals surface area contributed by atoms with Gasteiger partial charge in [-0.1, -0.05) is 6.58 Å². The molecule has 1 aliphatic heterocycles. The molecule has 1 fully saturated rings. The van der Waals surface area contributed by atoms with Gasteiger partial charge in [-0.15, -0.1) is 0 Å². The largest absolute Gasteiger partial charge is 0.338 e. The first-order chi connectivity index (χ1) is 5.34. The SMILES string of the molecule is [CH]=CC(=O)N1CCCNCC1. The molecule has 1 amide bonds. The summed E-state index contributed by atoms with van der Waals surface area (Å²) in [6.07, 6.45) is 2.14. The Hall–Kier alpha value is -0.830. The monoisotopic (exact) mass is 153 g/mol.